The molecule has 4 heteroatoms. The second kappa shape index (κ2) is 14.5. The molecule has 0 saturated heterocycles. The van der Waals surface area contributed by atoms with E-state index in [2.05, 4.69) is 6.92 Å². The number of unbranched alkanes of at least 4 members (excludes halogenated alkanes) is 5. The quantitative estimate of drug-likeness (QED) is 0.509. The molecular weight excluding hydrogens is 279 g/mol. The molecule has 12 heavy (non-hydrogen) atoms. The molecule has 0 atom stereocenters. The summed E-state index contributed by atoms with van der Waals surface area (Å²) in [4.78, 5) is 0. The zero-order chi connectivity index (χ0) is 8.36. The molecule has 0 aromatic heterocycles. The number of hydrogen-bond donors (Lipinski definition) is 0. The van der Waals surface area contributed by atoms with Gasteiger partial charge in [-0.2, -0.15) is 0 Å². The maximum Gasteiger partial charge on any atom is -0.412 e. The summed E-state index contributed by atoms with van der Waals surface area (Å²) < 4.78 is 5.22. The van der Waals surface area contributed by atoms with Gasteiger partial charge >= 0.3 is 84.0 Å². The van der Waals surface area contributed by atoms with Gasteiger partial charge in [-0.1, -0.05) is 0 Å². The predicted octanol–water partition coefficient (Wildman–Crippen LogP) is 2.27. The fraction of sp³-hybridized carbons (Fsp3) is 1.00. The Morgan fingerprint density at radius 2 is 1.67 bits per heavy atom. The minimum atomic E-state index is -0.771. The van der Waals surface area contributed by atoms with E-state index in [1.54, 1.807) is 0 Å². The second-order valence-corrected chi connectivity index (χ2v) is 5.12. The van der Waals surface area contributed by atoms with E-state index in [0.29, 0.717) is 0 Å². The van der Waals surface area contributed by atoms with Crippen molar-refractivity contribution in [2.75, 3.05) is 6.61 Å². The third kappa shape index (κ3) is 13.5. The van der Waals surface area contributed by atoms with Gasteiger partial charge in [0.25, 0.3) is 0 Å². The topological polar surface area (TPSA) is 40.7 Å². The van der Waals surface area contributed by atoms with Gasteiger partial charge in [0.2, 0.25) is 0 Å². The Labute approximate surface area is 89.3 Å². The van der Waals surface area contributed by atoms with Crippen LogP contribution in [0.4, 0.5) is 0 Å². The Morgan fingerprint density at radius 3 is 2.25 bits per heavy atom. The van der Waals surface area contributed by atoms with Crippen LogP contribution in [0.3, 0.4) is 0 Å². The van der Waals surface area contributed by atoms with E-state index in [1.807, 2.05) is 0 Å². The van der Waals surface area contributed by atoms with Gasteiger partial charge in [0.15, 0.2) is 0 Å². The van der Waals surface area contributed by atoms with Crippen LogP contribution in [0.25, 0.3) is 0 Å². The molecule has 2 N–H and O–H groups in total. The molecular formula is C8H19O2SSn. The first-order valence-corrected chi connectivity index (χ1v) is 9.47. The molecule has 0 heterocycles. The Hall–Kier alpha value is 0.939. The second-order valence-electron chi connectivity index (χ2n) is 2.70. The average molecular weight is 298 g/mol. The van der Waals surface area contributed by atoms with Crippen LogP contribution in [-0.4, -0.2) is 31.7 Å². The summed E-state index contributed by atoms with van der Waals surface area (Å²) in [5.41, 5.74) is 0. The van der Waals surface area contributed by atoms with E-state index >= 15 is 0 Å². The van der Waals surface area contributed by atoms with Crippen LogP contribution in [0.5, 0.6) is 0 Å². The first kappa shape index (κ1) is 15.4. The van der Waals surface area contributed by atoms with E-state index in [-0.39, 0.29) is 5.48 Å². The van der Waals surface area contributed by atoms with E-state index in [0.717, 1.165) is 6.61 Å². The van der Waals surface area contributed by atoms with Gasteiger partial charge in [-0.25, -0.2) is 0 Å². The summed E-state index contributed by atoms with van der Waals surface area (Å²) in [5.74, 6) is 0. The normalized spacial score (nSPS) is 9.08. The smallest absolute Gasteiger partial charge is 0.412 e. The van der Waals surface area contributed by atoms with Gasteiger partial charge in [-0.05, 0) is 0 Å². The van der Waals surface area contributed by atoms with Crippen molar-refractivity contribution in [3.63, 3.8) is 0 Å². The molecule has 0 saturated carbocycles. The average Bonchev–Trinajstić information content (AvgIpc) is 2.03. The van der Waals surface area contributed by atoms with Crippen LogP contribution in [-0.2, 0) is 3.07 Å². The van der Waals surface area contributed by atoms with Gasteiger partial charge in [0.05, 0.1) is 0 Å². The van der Waals surface area contributed by atoms with Crippen molar-refractivity contribution in [2.24, 2.45) is 0 Å². The molecule has 0 aliphatic heterocycles. The fourth-order valence-corrected chi connectivity index (χ4v) is 2.21. The zero-order valence-electron chi connectivity index (χ0n) is 7.77. The molecule has 0 fully saturated rings. The molecule has 0 bridgehead atoms. The van der Waals surface area contributed by atoms with Crippen LogP contribution in [0.2, 0.25) is 0 Å². The van der Waals surface area contributed by atoms with Crippen molar-refractivity contribution in [3.8, 4) is 0 Å². The Balaban J connectivity index is 0. The van der Waals surface area contributed by atoms with E-state index < -0.39 is 19.6 Å². The first-order chi connectivity index (χ1) is 5.41. The minimum absolute atomic E-state index is 0. The molecule has 0 unspecified atom stereocenters. The summed E-state index contributed by atoms with van der Waals surface area (Å²) >= 11 is -0.771. The summed E-state index contributed by atoms with van der Waals surface area (Å²) in [6, 6.07) is 0. The van der Waals surface area contributed by atoms with Crippen molar-refractivity contribution in [1.82, 2.24) is 0 Å². The van der Waals surface area contributed by atoms with Crippen LogP contribution >= 0.6 is 9.29 Å². The third-order valence-electron chi connectivity index (χ3n) is 1.66. The maximum atomic E-state index is 5.22. The van der Waals surface area contributed by atoms with Crippen molar-refractivity contribution >= 4 is 28.9 Å². The van der Waals surface area contributed by atoms with E-state index in [1.165, 1.54) is 38.5 Å². The number of rotatable bonds is 8. The third-order valence-corrected chi connectivity index (χ3v) is 3.37. The first-order valence-electron chi connectivity index (χ1n) is 4.40. The van der Waals surface area contributed by atoms with Crippen LogP contribution < -0.4 is 0 Å². The van der Waals surface area contributed by atoms with Gasteiger partial charge in [-0.3, -0.25) is 0 Å². The molecule has 0 amide bonds. The van der Waals surface area contributed by atoms with Crippen LogP contribution in [0.1, 0.15) is 45.4 Å². The Bertz CT molecular complexity index is 91.1. The van der Waals surface area contributed by atoms with Gasteiger partial charge in [0.1, 0.15) is 0 Å². The minimum Gasteiger partial charge on any atom is -0.412 e. The molecule has 1 radical (unpaired) electrons. The molecule has 0 spiro atoms. The van der Waals surface area contributed by atoms with Gasteiger partial charge < -0.3 is 5.48 Å². The van der Waals surface area contributed by atoms with E-state index in [9.17, 15) is 0 Å². The summed E-state index contributed by atoms with van der Waals surface area (Å²) in [7, 11) is 4.82. The summed E-state index contributed by atoms with van der Waals surface area (Å²) in [5, 5.41) is 0. The van der Waals surface area contributed by atoms with Gasteiger partial charge in [-0.15, -0.1) is 0 Å². The monoisotopic (exact) mass is 299 g/mol. The van der Waals surface area contributed by atoms with Crippen LogP contribution in [0.15, 0.2) is 0 Å². The predicted molar refractivity (Wildman–Crippen MR) is 56.3 cm³/mol. The van der Waals surface area contributed by atoms with Crippen molar-refractivity contribution < 1.29 is 8.55 Å². The Morgan fingerprint density at radius 1 is 1.08 bits per heavy atom. The largest absolute Gasteiger partial charge is 0.412 e. The summed E-state index contributed by atoms with van der Waals surface area (Å²) in [6.07, 6.45) is 8.04. The SMILES string of the molecule is CCCCCCCC[O][Sn]=[S].O. The molecule has 0 rings (SSSR count). The number of hydrogen-bond acceptors (Lipinski definition) is 2. The Kier molecular flexibility index (Phi) is 18.6. The van der Waals surface area contributed by atoms with Crippen molar-refractivity contribution in [1.29, 1.82) is 0 Å². The molecule has 73 valence electrons. The molecule has 2 nitrogen and oxygen atoms in total. The van der Waals surface area contributed by atoms with Crippen molar-refractivity contribution in [2.45, 2.75) is 45.4 Å². The standard InChI is InChI=1S/C8H17O.H2O.S.Sn/c1-2-3-4-5-6-7-8-9;;;/h2-8H2,1H3;1H2;;/q-1;;;+1. The molecule has 0 aliphatic rings. The van der Waals surface area contributed by atoms with Crippen LogP contribution in [0, 0.1) is 0 Å². The fourth-order valence-electron chi connectivity index (χ4n) is 0.996. The van der Waals surface area contributed by atoms with E-state index in [4.69, 9.17) is 12.4 Å². The van der Waals surface area contributed by atoms with Crippen molar-refractivity contribution in [3.05, 3.63) is 0 Å². The molecule has 0 aromatic rings. The van der Waals surface area contributed by atoms with Gasteiger partial charge in [0, 0.05) is 0 Å². The molecule has 0 aliphatic carbocycles. The zero-order valence-corrected chi connectivity index (χ0v) is 11.4. The maximum absolute atomic E-state index is 5.22. The molecule has 0 aromatic carbocycles. The summed E-state index contributed by atoms with van der Waals surface area (Å²) in [6.45, 7) is 3.18.